The van der Waals surface area contributed by atoms with Crippen molar-refractivity contribution in [3.8, 4) is 11.4 Å². The van der Waals surface area contributed by atoms with Crippen molar-refractivity contribution in [2.24, 2.45) is 0 Å². The van der Waals surface area contributed by atoms with Crippen LogP contribution in [0.2, 0.25) is 0 Å². The highest BCUT2D eigenvalue weighted by molar-refractivity contribution is 5.99. The van der Waals surface area contributed by atoms with E-state index in [9.17, 15) is 15.0 Å². The van der Waals surface area contributed by atoms with Gasteiger partial charge in [-0.25, -0.2) is 9.50 Å². The van der Waals surface area contributed by atoms with Crippen LogP contribution in [0.5, 0.6) is 0 Å². The van der Waals surface area contributed by atoms with Crippen molar-refractivity contribution in [3.63, 3.8) is 0 Å². The Bertz CT molecular complexity index is 995. The number of carbonyl (C=O) groups is 1. The van der Waals surface area contributed by atoms with Gasteiger partial charge >= 0.3 is 0 Å². The van der Waals surface area contributed by atoms with Gasteiger partial charge in [0.2, 0.25) is 0 Å². The molecule has 3 aromatic heterocycles. The van der Waals surface area contributed by atoms with Gasteiger partial charge in [-0.1, -0.05) is 0 Å². The van der Waals surface area contributed by atoms with E-state index in [1.165, 1.54) is 6.20 Å². The van der Waals surface area contributed by atoms with Crippen LogP contribution < -0.4 is 10.6 Å². The minimum atomic E-state index is -0.863. The maximum Gasteiger partial charge on any atom is 0.254 e. The normalized spacial score (nSPS) is 12.7. The Hall–Kier alpha value is -3.04. The average molecular weight is 398 g/mol. The lowest BCUT2D eigenvalue weighted by Gasteiger charge is -2.19. The number of amides is 1. The summed E-state index contributed by atoms with van der Waals surface area (Å²) >= 11 is 0. The summed E-state index contributed by atoms with van der Waals surface area (Å²) in [5.74, 6) is -0.308. The summed E-state index contributed by atoms with van der Waals surface area (Å²) < 4.78 is 1.67. The topological polar surface area (TPSA) is 125 Å². The number of nitrogens with one attached hydrogen (secondary N) is 2. The van der Waals surface area contributed by atoms with Crippen molar-refractivity contribution >= 4 is 17.2 Å². The van der Waals surface area contributed by atoms with Crippen LogP contribution >= 0.6 is 0 Å². The molecule has 0 saturated heterocycles. The van der Waals surface area contributed by atoms with Crippen LogP contribution in [-0.2, 0) is 0 Å². The highest BCUT2D eigenvalue weighted by Gasteiger charge is 2.18. The van der Waals surface area contributed by atoms with Crippen molar-refractivity contribution < 1.29 is 15.0 Å². The molecule has 3 heterocycles. The lowest BCUT2D eigenvalue weighted by atomic mass is 10.1. The van der Waals surface area contributed by atoms with Gasteiger partial charge in [0.05, 0.1) is 35.3 Å². The molecule has 0 aliphatic carbocycles. The largest absolute Gasteiger partial charge is 0.394 e. The molecule has 154 valence electrons. The Labute approximate surface area is 168 Å². The van der Waals surface area contributed by atoms with Crippen LogP contribution in [0.4, 0.5) is 5.69 Å². The first-order valence-corrected chi connectivity index (χ1v) is 9.45. The van der Waals surface area contributed by atoms with E-state index in [-0.39, 0.29) is 18.6 Å². The predicted octanol–water partition coefficient (Wildman–Crippen LogP) is 1.47. The molecule has 0 aromatic carbocycles. The number of aliphatic hydroxyl groups excluding tert-OH is 1. The third-order valence-corrected chi connectivity index (χ3v) is 4.39. The van der Waals surface area contributed by atoms with Gasteiger partial charge in [-0.15, -0.1) is 0 Å². The second-order valence-corrected chi connectivity index (χ2v) is 7.60. The molecule has 0 unspecified atom stereocenters. The number of carbonyl (C=O) groups excluding carboxylic acids is 1. The van der Waals surface area contributed by atoms with E-state index < -0.39 is 5.60 Å². The van der Waals surface area contributed by atoms with Crippen molar-refractivity contribution in [1.29, 1.82) is 0 Å². The summed E-state index contributed by atoms with van der Waals surface area (Å²) in [5.41, 5.74) is 2.01. The summed E-state index contributed by atoms with van der Waals surface area (Å²) in [6, 6.07) is 5.13. The number of aromatic nitrogens is 4. The first-order chi connectivity index (χ1) is 13.8. The smallest absolute Gasteiger partial charge is 0.254 e. The van der Waals surface area contributed by atoms with Crippen LogP contribution in [0.1, 0.15) is 37.6 Å². The highest BCUT2D eigenvalue weighted by atomic mass is 16.3. The van der Waals surface area contributed by atoms with Gasteiger partial charge < -0.3 is 20.8 Å². The van der Waals surface area contributed by atoms with Crippen LogP contribution in [0, 0.1) is 0 Å². The Morgan fingerprint density at radius 1 is 1.31 bits per heavy atom. The van der Waals surface area contributed by atoms with E-state index in [4.69, 9.17) is 0 Å². The number of aliphatic hydroxyl groups is 2. The fourth-order valence-electron chi connectivity index (χ4n) is 2.79. The molecule has 9 heteroatoms. The average Bonchev–Trinajstić information content (AvgIpc) is 3.11. The molecule has 3 rings (SSSR count). The molecule has 0 spiro atoms. The monoisotopic (exact) mass is 398 g/mol. The second-order valence-electron chi connectivity index (χ2n) is 7.60. The van der Waals surface area contributed by atoms with Gasteiger partial charge in [-0.05, 0) is 45.4 Å². The Morgan fingerprint density at radius 3 is 2.83 bits per heavy atom. The number of hydrogen-bond acceptors (Lipinski definition) is 7. The minimum absolute atomic E-state index is 0.0887. The van der Waals surface area contributed by atoms with Gasteiger partial charge in [0.25, 0.3) is 5.91 Å². The Morgan fingerprint density at radius 2 is 2.10 bits per heavy atom. The fraction of sp³-hybridized carbons (Fsp3) is 0.400. The van der Waals surface area contributed by atoms with Crippen molar-refractivity contribution in [3.05, 3.63) is 42.4 Å². The number of hydrogen-bond donors (Lipinski definition) is 4. The maximum absolute atomic E-state index is 12.7. The number of fused-ring (bicyclic) bond motifs is 1. The molecule has 0 fully saturated rings. The first kappa shape index (κ1) is 20.7. The third-order valence-electron chi connectivity index (χ3n) is 4.39. The Balaban J connectivity index is 1.91. The maximum atomic E-state index is 12.7. The molecule has 3 aromatic rings. The molecule has 9 nitrogen and oxygen atoms in total. The zero-order valence-corrected chi connectivity index (χ0v) is 16.8. The van der Waals surface area contributed by atoms with Gasteiger partial charge in [0, 0.05) is 25.0 Å². The van der Waals surface area contributed by atoms with E-state index in [0.29, 0.717) is 41.3 Å². The van der Waals surface area contributed by atoms with Crippen LogP contribution in [0.25, 0.3) is 17.0 Å². The van der Waals surface area contributed by atoms with E-state index >= 15 is 0 Å². The van der Waals surface area contributed by atoms with Crippen LogP contribution in [0.15, 0.2) is 36.8 Å². The molecule has 4 N–H and O–H groups in total. The van der Waals surface area contributed by atoms with Crippen LogP contribution in [-0.4, -0.2) is 60.5 Å². The number of pyridine rings is 1. The van der Waals surface area contributed by atoms with Crippen LogP contribution in [0.3, 0.4) is 0 Å². The van der Waals surface area contributed by atoms with Crippen molar-refractivity contribution in [2.45, 2.75) is 38.8 Å². The second kappa shape index (κ2) is 8.54. The zero-order chi connectivity index (χ0) is 21.0. The van der Waals surface area contributed by atoms with Gasteiger partial charge in [-0.3, -0.25) is 9.78 Å². The molecule has 1 amide bonds. The molecular formula is C20H26N6O3. The van der Waals surface area contributed by atoms with Gasteiger partial charge in [0.15, 0.2) is 5.65 Å². The minimum Gasteiger partial charge on any atom is -0.394 e. The number of nitrogens with zero attached hydrogens (tertiary/aromatic N) is 4. The highest BCUT2D eigenvalue weighted by Crippen LogP contribution is 2.24. The summed E-state index contributed by atoms with van der Waals surface area (Å²) in [5, 5.41) is 29.5. The van der Waals surface area contributed by atoms with E-state index in [1.807, 2.05) is 13.0 Å². The summed E-state index contributed by atoms with van der Waals surface area (Å²) in [4.78, 5) is 21.4. The lowest BCUT2D eigenvalue weighted by molar-refractivity contribution is 0.0693. The molecule has 0 bridgehead atoms. The molecule has 1 atom stereocenters. The summed E-state index contributed by atoms with van der Waals surface area (Å²) in [6.45, 7) is 5.43. The van der Waals surface area contributed by atoms with Gasteiger partial charge in [0.1, 0.15) is 5.69 Å². The van der Waals surface area contributed by atoms with E-state index in [0.717, 1.165) is 0 Å². The number of rotatable bonds is 8. The SMILES string of the molecule is C[C@@H](CO)Nc1cc(-c2cnc3cccnn23)ncc1C(=O)NCCC(C)(C)O. The molecule has 0 aliphatic heterocycles. The zero-order valence-electron chi connectivity index (χ0n) is 16.8. The summed E-state index contributed by atoms with van der Waals surface area (Å²) in [6.07, 6.45) is 5.25. The quantitative estimate of drug-likeness (QED) is 0.453. The third kappa shape index (κ3) is 5.07. The number of anilines is 1. The molecule has 29 heavy (non-hydrogen) atoms. The molecule has 0 aliphatic rings. The molecular weight excluding hydrogens is 372 g/mol. The number of imidazole rings is 1. The van der Waals surface area contributed by atoms with Crippen molar-refractivity contribution in [1.82, 2.24) is 24.9 Å². The molecule has 0 radical (unpaired) electrons. The van der Waals surface area contributed by atoms with E-state index in [2.05, 4.69) is 25.7 Å². The van der Waals surface area contributed by atoms with Crippen molar-refractivity contribution in [2.75, 3.05) is 18.5 Å². The standard InChI is InChI=1S/C20H26N6O3/c1-13(12-27)25-15-9-16(17-11-23-18-5-4-7-24-26(17)18)22-10-14(15)19(28)21-8-6-20(2,3)29/h4-5,7,9-11,13,27,29H,6,8,12H2,1-3H3,(H,21,28)(H,22,25)/t13-/m0/s1. The lowest BCUT2D eigenvalue weighted by Crippen LogP contribution is -2.31. The van der Waals surface area contributed by atoms with Gasteiger partial charge in [-0.2, -0.15) is 5.10 Å². The Kier molecular flexibility index (Phi) is 6.09. The summed E-state index contributed by atoms with van der Waals surface area (Å²) in [7, 11) is 0. The molecule has 0 saturated carbocycles. The first-order valence-electron chi connectivity index (χ1n) is 9.45. The predicted molar refractivity (Wildman–Crippen MR) is 110 cm³/mol. The van der Waals surface area contributed by atoms with E-state index in [1.54, 1.807) is 42.9 Å². The fourth-order valence-corrected chi connectivity index (χ4v) is 2.79.